The van der Waals surface area contributed by atoms with Crippen molar-refractivity contribution in [2.45, 2.75) is 55.4 Å². The highest BCUT2D eigenvalue weighted by Gasteiger charge is 2.29. The van der Waals surface area contributed by atoms with Crippen LogP contribution in [0.2, 0.25) is 0 Å². The number of hydrogen-bond acceptors (Lipinski definition) is 29. The van der Waals surface area contributed by atoms with E-state index in [-0.39, 0.29) is 221 Å². The molecule has 11 aromatic heterocycles. The number of amides is 10. The van der Waals surface area contributed by atoms with Gasteiger partial charge in [0.05, 0.1) is 58.7 Å². The second-order valence-corrected chi connectivity index (χ2v) is 32.5. The zero-order valence-electron chi connectivity index (χ0n) is 74.7. The van der Waals surface area contributed by atoms with Crippen LogP contribution in [0.5, 0.6) is 23.0 Å². The molecule has 0 aliphatic heterocycles. The number of carbonyl (C=O) groups is 10. The molecule has 10 amide bonds. The summed E-state index contributed by atoms with van der Waals surface area (Å²) in [6, 6.07) is 54.0. The number of para-hydroxylation sites is 4. The first kappa shape index (κ1) is 93.9. The topological polar surface area (TPSA) is 556 Å². The highest BCUT2D eigenvalue weighted by Crippen LogP contribution is 2.38. The Morgan fingerprint density at radius 2 is 0.428 bits per heavy atom. The number of nitrogens with zero attached hydrogens (tertiary/aromatic N) is 13. The second kappa shape index (κ2) is 41.8. The first-order valence-corrected chi connectivity index (χ1v) is 42.9. The van der Waals surface area contributed by atoms with E-state index in [0.717, 1.165) is 0 Å². The van der Waals surface area contributed by atoms with Gasteiger partial charge >= 0.3 is 0 Å². The molecule has 41 nitrogen and oxygen atoms in total. The van der Waals surface area contributed by atoms with Gasteiger partial charge in [0.25, 0.3) is 70.4 Å². The van der Waals surface area contributed by atoms with E-state index in [4.69, 9.17) is 18.9 Å². The minimum absolute atomic E-state index is 0.0270. The maximum absolute atomic E-state index is 14.2. The van der Waals surface area contributed by atoms with E-state index in [1.807, 2.05) is 55.4 Å². The lowest BCUT2D eigenvalue weighted by molar-refractivity contribution is -0.383. The summed E-state index contributed by atoms with van der Waals surface area (Å²) in [5, 5.41) is 52.4. The highest BCUT2D eigenvalue weighted by atomic mass is 16.6. The van der Waals surface area contributed by atoms with E-state index in [1.54, 1.807) is 48.5 Å². The van der Waals surface area contributed by atoms with Crippen LogP contribution in [0, 0.1) is 43.9 Å². The summed E-state index contributed by atoms with van der Waals surface area (Å²) in [6.07, 6.45) is 0. The van der Waals surface area contributed by atoms with Crippen molar-refractivity contribution < 1.29 is 76.7 Å². The van der Waals surface area contributed by atoms with E-state index < -0.39 is 68.9 Å². The fraction of sp³-hybridized carbons (Fsp3) is 0.165. The molecule has 15 rings (SSSR count). The highest BCUT2D eigenvalue weighted by molar-refractivity contribution is 6.15. The maximum atomic E-state index is 14.2. The number of non-ortho nitro benzene ring substituents is 2. The third kappa shape index (κ3) is 22.9. The van der Waals surface area contributed by atoms with E-state index >= 15 is 0 Å². The zero-order valence-corrected chi connectivity index (χ0v) is 74.7. The van der Waals surface area contributed by atoms with Gasteiger partial charge in [-0.3, -0.25) is 68.2 Å². The third-order valence-corrected chi connectivity index (χ3v) is 19.8. The minimum Gasteiger partial charge on any atom is -0.493 e. The molecule has 0 atom stereocenters. The summed E-state index contributed by atoms with van der Waals surface area (Å²) in [7, 11) is 0. The Labute approximate surface area is 783 Å². The van der Waals surface area contributed by atoms with Gasteiger partial charge in [-0.1, -0.05) is 122 Å². The van der Waals surface area contributed by atoms with Crippen LogP contribution >= 0.6 is 0 Å². The Morgan fingerprint density at radius 3 is 0.652 bits per heavy atom. The van der Waals surface area contributed by atoms with Crippen LogP contribution in [0.4, 0.5) is 69.3 Å². The van der Waals surface area contributed by atoms with Crippen molar-refractivity contribution in [1.29, 1.82) is 0 Å². The Bertz CT molecular complexity index is 7000. The molecule has 15 aromatic rings. The van der Waals surface area contributed by atoms with E-state index in [1.165, 1.54) is 176 Å². The maximum Gasteiger partial charge on any atom is 0.295 e. The number of rotatable bonds is 34. The van der Waals surface area contributed by atoms with Gasteiger partial charge in [-0.15, -0.1) is 0 Å². The normalized spacial score (nSPS) is 11.1. The number of hydrogen-bond donors (Lipinski definition) is 10. The molecule has 0 radical (unpaired) electrons. The van der Waals surface area contributed by atoms with Gasteiger partial charge in [-0.2, -0.15) is 0 Å². The lowest BCUT2D eigenvalue weighted by atomic mass is 10.1. The summed E-state index contributed by atoms with van der Waals surface area (Å²) < 4.78 is 24.5. The molecule has 4 aromatic carbocycles. The van der Waals surface area contributed by atoms with Gasteiger partial charge in [-0.05, 0) is 145 Å². The standard InChI is InChI=1S/C97H83N23O18/c1-50(2)46-135-72-44-68(101-84-54(72)20-9-24-58(84)105-94(127)66-42-74(137-48-52(5)6)56-22-11-32-70(119(131)132)86(56)103-66)96(129)117-82-40-18-38-80(109-82)115-92(125)64-30-14-28-62(99-64)90(123)113-78-36-16-34-76(107-78)111-88(121)60-26-13-27-61(98-60)89(122)112-77-35-17-37-79(108-77)114-91(124)63-29-15-31-65(100-63)93(126)116-81-39-19-41-83(110-81)118-97(130)69-45-73(136-47-51(3)4)55-21-10-25-59(85(55)102-69)106-95(128)67-43-75(138-49-53(7)8)57-23-12-33-71(120(133)134)87(57)104-67/h9-45,50-53H,46-49H2,1-8H3,(H,105,127)(H,106,128)(H2,107,111,113,121,123)(H2,108,112,114,122,124)(H2,109,115,117,125,129)(H2,110,116,118,126,130). The molecule has 0 bridgehead atoms. The fourth-order valence-electron chi connectivity index (χ4n) is 13.5. The molecular weight excluding hydrogens is 1780 g/mol. The van der Waals surface area contributed by atoms with Crippen LogP contribution in [-0.2, 0) is 0 Å². The summed E-state index contributed by atoms with van der Waals surface area (Å²) in [4.78, 5) is 211. The van der Waals surface area contributed by atoms with Crippen LogP contribution < -0.4 is 72.1 Å². The average Bonchev–Trinajstić information content (AvgIpc) is 0.775. The number of nitrogens with one attached hydrogen (secondary N) is 10. The first-order valence-electron chi connectivity index (χ1n) is 42.9. The van der Waals surface area contributed by atoms with E-state index in [9.17, 15) is 68.2 Å². The molecular formula is C97H83N23O18. The summed E-state index contributed by atoms with van der Waals surface area (Å²) >= 11 is 0. The summed E-state index contributed by atoms with van der Waals surface area (Å²) in [5.41, 5.74) is -2.24. The first-order chi connectivity index (χ1) is 66.4. The van der Waals surface area contributed by atoms with E-state index in [2.05, 4.69) is 108 Å². The fourth-order valence-corrected chi connectivity index (χ4v) is 13.5. The number of fused-ring (bicyclic) bond motifs is 4. The van der Waals surface area contributed by atoms with Crippen molar-refractivity contribution in [1.82, 2.24) is 54.8 Å². The van der Waals surface area contributed by atoms with Crippen LogP contribution in [0.25, 0.3) is 43.6 Å². The summed E-state index contributed by atoms with van der Waals surface area (Å²) in [5.74, 6) is -7.02. The molecule has 138 heavy (non-hydrogen) atoms. The Balaban J connectivity index is 0.538. The minimum atomic E-state index is -0.808. The van der Waals surface area contributed by atoms with Gasteiger partial charge in [0, 0.05) is 57.9 Å². The number of pyridine rings is 11. The lowest BCUT2D eigenvalue weighted by Gasteiger charge is -2.16. The van der Waals surface area contributed by atoms with Crippen molar-refractivity contribution in [3.05, 3.63) is 302 Å². The second-order valence-electron chi connectivity index (χ2n) is 32.5. The molecule has 0 saturated heterocycles. The number of benzene rings is 4. The number of nitro benzene ring substituents is 2. The molecule has 0 unspecified atom stereocenters. The van der Waals surface area contributed by atoms with Gasteiger partial charge in [0.15, 0.2) is 11.0 Å². The predicted molar refractivity (Wildman–Crippen MR) is 511 cm³/mol. The number of carbonyl (C=O) groups excluding carboxylic acids is 10. The number of aromatic nitrogens is 11. The molecule has 694 valence electrons. The Kier molecular flexibility index (Phi) is 28.4. The monoisotopic (exact) mass is 1860 g/mol. The van der Waals surface area contributed by atoms with Crippen molar-refractivity contribution >= 4 is 172 Å². The average molecular weight is 1860 g/mol. The SMILES string of the molecule is CC(C)COc1cc(C(=O)Nc2cccc(NC(=O)c3cccc(C(=O)Nc4cccc(NC(=O)c5cccc(C(=O)Nc6cccc(NC(=O)c7cccc(C(=O)Nc8cccc(NC(=O)c9cc(OCC(C)C)c%10cccc(NC(=O)c%11cc(OCC(C)C)c%12cccc([N+](=O)[O-])c%12n%11)c%10n9)n8)n7)n6)n5)n4)n3)n2)nc2c(NC(=O)c3cc(OCC(C)C)c4cccc([N+](=O)[O-])c4n3)cccc12. The van der Waals surface area contributed by atoms with Crippen molar-refractivity contribution in [3.8, 4) is 23.0 Å². The smallest absolute Gasteiger partial charge is 0.295 e. The molecule has 0 spiro atoms. The van der Waals surface area contributed by atoms with Gasteiger partial charge in [-0.25, -0.2) is 54.8 Å². The van der Waals surface area contributed by atoms with Crippen LogP contribution in [0.3, 0.4) is 0 Å². The lowest BCUT2D eigenvalue weighted by Crippen LogP contribution is -2.21. The van der Waals surface area contributed by atoms with Crippen LogP contribution in [0.1, 0.15) is 160 Å². The Morgan fingerprint density at radius 1 is 0.239 bits per heavy atom. The number of ether oxygens (including phenoxy) is 4. The Hall–Kier alpha value is -18.7. The zero-order chi connectivity index (χ0) is 97.5. The molecule has 10 N–H and O–H groups in total. The van der Waals surface area contributed by atoms with E-state index in [0.29, 0.717) is 21.5 Å². The van der Waals surface area contributed by atoms with Gasteiger partial charge in [0.1, 0.15) is 126 Å². The molecule has 0 fully saturated rings. The van der Waals surface area contributed by atoms with Gasteiger partial charge in [0.2, 0.25) is 0 Å². The molecule has 41 heteroatoms. The largest absolute Gasteiger partial charge is 0.493 e. The molecule has 0 saturated carbocycles. The van der Waals surface area contributed by atoms with Crippen molar-refractivity contribution in [2.75, 3.05) is 79.6 Å². The van der Waals surface area contributed by atoms with Gasteiger partial charge < -0.3 is 72.1 Å². The van der Waals surface area contributed by atoms with Crippen molar-refractivity contribution in [2.24, 2.45) is 23.7 Å². The molecule has 0 aliphatic rings. The summed E-state index contributed by atoms with van der Waals surface area (Å²) in [6.45, 7) is 16.4. The predicted octanol–water partition coefficient (Wildman–Crippen LogP) is 16.1. The van der Waals surface area contributed by atoms with Crippen LogP contribution in [0.15, 0.2) is 224 Å². The quantitative estimate of drug-likeness (QED) is 0.0132. The number of anilines is 10. The third-order valence-electron chi connectivity index (χ3n) is 19.8. The van der Waals surface area contributed by atoms with Crippen LogP contribution in [-0.4, -0.2) is 150 Å². The van der Waals surface area contributed by atoms with Crippen molar-refractivity contribution in [3.63, 3.8) is 0 Å². The molecule has 11 heterocycles. The number of nitro groups is 2. The molecule has 0 aliphatic carbocycles.